The van der Waals surface area contributed by atoms with Gasteiger partial charge in [-0.25, -0.2) is 4.79 Å². The van der Waals surface area contributed by atoms with Crippen LogP contribution < -0.4 is 14.9 Å². The van der Waals surface area contributed by atoms with E-state index in [2.05, 4.69) is 0 Å². The van der Waals surface area contributed by atoms with Crippen LogP contribution in [0.1, 0.15) is 11.3 Å². The number of halogens is 4. The maximum Gasteiger partial charge on any atom is 0.453 e. The van der Waals surface area contributed by atoms with Crippen molar-refractivity contribution in [3.05, 3.63) is 99.4 Å². The molecule has 35 heavy (non-hydrogen) atoms. The highest BCUT2D eigenvalue weighted by atomic mass is 35.5. The van der Waals surface area contributed by atoms with Crippen molar-refractivity contribution in [2.75, 3.05) is 6.61 Å². The number of ether oxygens (including phenoxy) is 3. The molecule has 0 spiro atoms. The summed E-state index contributed by atoms with van der Waals surface area (Å²) in [6.45, 7) is -0.457. The van der Waals surface area contributed by atoms with Crippen molar-refractivity contribution >= 4 is 28.5 Å². The van der Waals surface area contributed by atoms with Crippen LogP contribution in [0.15, 0.2) is 82.0 Å². The predicted molar refractivity (Wildman–Crippen MR) is 121 cm³/mol. The monoisotopic (exact) mass is 504 g/mol. The summed E-state index contributed by atoms with van der Waals surface area (Å²) >= 11 is 5.96. The zero-order chi connectivity index (χ0) is 25.0. The van der Waals surface area contributed by atoms with Crippen molar-refractivity contribution in [2.45, 2.75) is 12.8 Å². The lowest BCUT2D eigenvalue weighted by Gasteiger charge is -2.14. The molecule has 3 aromatic carbocycles. The third-order valence-corrected chi connectivity index (χ3v) is 5.04. The Hall–Kier alpha value is -3.98. The van der Waals surface area contributed by atoms with Crippen LogP contribution in [-0.4, -0.2) is 12.6 Å². The second-order valence-electron chi connectivity index (χ2n) is 7.21. The third-order valence-electron chi connectivity index (χ3n) is 4.73. The van der Waals surface area contributed by atoms with Crippen LogP contribution >= 0.6 is 11.6 Å². The maximum atomic E-state index is 13.7. The van der Waals surface area contributed by atoms with Crippen LogP contribution in [0.5, 0.6) is 17.2 Å². The Morgan fingerprint density at radius 1 is 0.971 bits per heavy atom. The van der Waals surface area contributed by atoms with E-state index < -0.39 is 41.3 Å². The average molecular weight is 505 g/mol. The fraction of sp³-hybridized carbons (Fsp3) is 0.120. The van der Waals surface area contributed by atoms with Gasteiger partial charge in [-0.2, -0.15) is 13.2 Å². The summed E-state index contributed by atoms with van der Waals surface area (Å²) in [6, 6.07) is 18.3. The number of hydrogen-bond acceptors (Lipinski definition) is 6. The Morgan fingerprint density at radius 3 is 2.40 bits per heavy atom. The summed E-state index contributed by atoms with van der Waals surface area (Å²) in [5.41, 5.74) is -0.667. The molecule has 1 heterocycles. The van der Waals surface area contributed by atoms with Crippen molar-refractivity contribution in [3.63, 3.8) is 0 Å². The zero-order valence-electron chi connectivity index (χ0n) is 17.8. The summed E-state index contributed by atoms with van der Waals surface area (Å²) in [7, 11) is 0. The van der Waals surface area contributed by atoms with Gasteiger partial charge in [0, 0.05) is 6.07 Å². The van der Waals surface area contributed by atoms with Crippen molar-refractivity contribution in [3.8, 4) is 17.2 Å². The van der Waals surface area contributed by atoms with Gasteiger partial charge in [-0.3, -0.25) is 4.79 Å². The van der Waals surface area contributed by atoms with Gasteiger partial charge in [0.05, 0.1) is 10.4 Å². The number of hydrogen-bond donors (Lipinski definition) is 0. The minimum absolute atomic E-state index is 0.00482. The molecule has 1 aromatic heterocycles. The molecule has 6 nitrogen and oxygen atoms in total. The van der Waals surface area contributed by atoms with E-state index in [1.54, 1.807) is 30.3 Å². The lowest BCUT2D eigenvalue weighted by Crippen LogP contribution is -2.16. The summed E-state index contributed by atoms with van der Waals surface area (Å²) < 4.78 is 61.7. The van der Waals surface area contributed by atoms with E-state index in [1.165, 1.54) is 30.3 Å². The molecule has 0 bridgehead atoms. The molecule has 0 aliphatic carbocycles. The fourth-order valence-electron chi connectivity index (χ4n) is 3.08. The lowest BCUT2D eigenvalue weighted by atomic mass is 10.2. The number of carbonyl (C=O) groups is 1. The van der Waals surface area contributed by atoms with Crippen molar-refractivity contribution in [1.82, 2.24) is 0 Å². The number of fused-ring (bicyclic) bond motifs is 1. The predicted octanol–water partition coefficient (Wildman–Crippen LogP) is 6.38. The smallest absolute Gasteiger partial charge is 0.453 e. The number of esters is 1. The highest BCUT2D eigenvalue weighted by molar-refractivity contribution is 6.32. The molecule has 0 aliphatic heterocycles. The Balaban J connectivity index is 1.57. The maximum absolute atomic E-state index is 13.7. The molecule has 0 saturated carbocycles. The van der Waals surface area contributed by atoms with E-state index in [0.29, 0.717) is 0 Å². The fourth-order valence-corrected chi connectivity index (χ4v) is 3.26. The highest BCUT2D eigenvalue weighted by Crippen LogP contribution is 2.39. The molecule has 0 aliphatic rings. The molecule has 0 saturated heterocycles. The van der Waals surface area contributed by atoms with Crippen LogP contribution in [0, 0.1) is 0 Å². The molecule has 180 valence electrons. The average Bonchev–Trinajstić information content (AvgIpc) is 2.84. The van der Waals surface area contributed by atoms with Crippen molar-refractivity contribution in [1.29, 1.82) is 0 Å². The number of benzene rings is 3. The Bertz CT molecular complexity index is 1420. The standard InChI is InChI=1S/C25H16ClF3O6/c26-18-8-4-5-9-19(18)34-23-22(31)17-11-10-16(12-20(17)35-24(23)25(27,28)29)32-14-21(30)33-13-15-6-2-1-3-7-15/h1-12H,13-14H2. The SMILES string of the molecule is O=C(COc1ccc2c(=O)c(Oc3ccccc3Cl)c(C(F)(F)F)oc2c1)OCc1ccccc1. The molecular formula is C25H16ClF3O6. The third kappa shape index (κ3) is 5.75. The highest BCUT2D eigenvalue weighted by Gasteiger charge is 2.40. The van der Waals surface area contributed by atoms with Crippen LogP contribution in [0.25, 0.3) is 11.0 Å². The van der Waals surface area contributed by atoms with Gasteiger partial charge in [-0.15, -0.1) is 0 Å². The minimum Gasteiger partial charge on any atom is -0.482 e. The number of carbonyl (C=O) groups excluding carboxylic acids is 1. The minimum atomic E-state index is -5.04. The van der Waals surface area contributed by atoms with E-state index in [1.807, 2.05) is 6.07 Å². The molecule has 10 heteroatoms. The van der Waals surface area contributed by atoms with E-state index in [-0.39, 0.29) is 28.5 Å². The molecule has 0 N–H and O–H groups in total. The molecule has 0 atom stereocenters. The van der Waals surface area contributed by atoms with Crippen LogP contribution in [0.2, 0.25) is 5.02 Å². The number of rotatable bonds is 7. The topological polar surface area (TPSA) is 75.0 Å². The van der Waals surface area contributed by atoms with E-state index >= 15 is 0 Å². The van der Waals surface area contributed by atoms with E-state index in [4.69, 9.17) is 30.2 Å². The molecular weight excluding hydrogens is 489 g/mol. The quantitative estimate of drug-likeness (QED) is 0.272. The number of alkyl halides is 3. The van der Waals surface area contributed by atoms with Gasteiger partial charge in [-0.05, 0) is 29.8 Å². The van der Waals surface area contributed by atoms with Gasteiger partial charge in [0.1, 0.15) is 23.7 Å². The first-order valence-electron chi connectivity index (χ1n) is 10.1. The van der Waals surface area contributed by atoms with Crippen LogP contribution in [0.3, 0.4) is 0 Å². The summed E-state index contributed by atoms with van der Waals surface area (Å²) in [5, 5.41) is -0.165. The Morgan fingerprint density at radius 2 is 1.69 bits per heavy atom. The van der Waals surface area contributed by atoms with E-state index in [9.17, 15) is 22.8 Å². The Labute approximate surface area is 201 Å². The molecule has 0 amide bonds. The normalized spacial score (nSPS) is 11.3. The molecule has 0 unspecified atom stereocenters. The van der Waals surface area contributed by atoms with Crippen LogP contribution in [0.4, 0.5) is 13.2 Å². The summed E-state index contributed by atoms with van der Waals surface area (Å²) in [5.74, 6) is -3.49. The first-order valence-corrected chi connectivity index (χ1v) is 10.5. The first-order chi connectivity index (χ1) is 16.7. The second-order valence-corrected chi connectivity index (χ2v) is 7.62. The van der Waals surface area contributed by atoms with Gasteiger partial charge in [0.25, 0.3) is 5.76 Å². The van der Waals surface area contributed by atoms with Gasteiger partial charge < -0.3 is 18.6 Å². The van der Waals surface area contributed by atoms with Crippen LogP contribution in [-0.2, 0) is 22.3 Å². The first kappa shape index (κ1) is 24.2. The van der Waals surface area contributed by atoms with Gasteiger partial charge in [0.15, 0.2) is 6.61 Å². The molecule has 4 aromatic rings. The van der Waals surface area contributed by atoms with Crippen molar-refractivity contribution in [2.24, 2.45) is 0 Å². The van der Waals surface area contributed by atoms with Crippen molar-refractivity contribution < 1.29 is 36.6 Å². The number of para-hydroxylation sites is 1. The van der Waals surface area contributed by atoms with Gasteiger partial charge in [-0.1, -0.05) is 54.1 Å². The molecule has 4 rings (SSSR count). The van der Waals surface area contributed by atoms with E-state index in [0.717, 1.165) is 11.6 Å². The van der Waals surface area contributed by atoms with Gasteiger partial charge >= 0.3 is 12.1 Å². The largest absolute Gasteiger partial charge is 0.482 e. The summed E-state index contributed by atoms with van der Waals surface area (Å²) in [6.07, 6.45) is -5.04. The second kappa shape index (κ2) is 10.1. The molecule has 0 fully saturated rings. The summed E-state index contributed by atoms with van der Waals surface area (Å²) in [4.78, 5) is 24.8. The zero-order valence-corrected chi connectivity index (χ0v) is 18.6. The Kier molecular flexibility index (Phi) is 6.97. The molecule has 0 radical (unpaired) electrons. The van der Waals surface area contributed by atoms with Gasteiger partial charge in [0.2, 0.25) is 11.2 Å². The lowest BCUT2D eigenvalue weighted by molar-refractivity contribution is -0.154.